The summed E-state index contributed by atoms with van der Waals surface area (Å²) in [6.07, 6.45) is 2.40. The Morgan fingerprint density at radius 3 is 2.46 bits per heavy atom. The topological polar surface area (TPSA) is 21.3 Å². The molecule has 0 radical (unpaired) electrons. The summed E-state index contributed by atoms with van der Waals surface area (Å²) in [5.41, 5.74) is 0.526. The molecule has 0 aromatic carbocycles. The van der Waals surface area contributed by atoms with Crippen LogP contribution in [0.15, 0.2) is 0 Å². The van der Waals surface area contributed by atoms with Crippen LogP contribution >= 0.6 is 0 Å². The van der Waals surface area contributed by atoms with Gasteiger partial charge in [0.1, 0.15) is 0 Å². The van der Waals surface area contributed by atoms with Gasteiger partial charge in [-0.05, 0) is 24.2 Å². The van der Waals surface area contributed by atoms with Gasteiger partial charge in [-0.2, -0.15) is 0 Å². The van der Waals surface area contributed by atoms with Gasteiger partial charge in [-0.25, -0.2) is 0 Å². The Kier molecular flexibility index (Phi) is 4.20. The van der Waals surface area contributed by atoms with Crippen LogP contribution in [0, 0.1) is 11.3 Å². The van der Waals surface area contributed by atoms with Crippen molar-refractivity contribution >= 4 is 0 Å². The predicted molar refractivity (Wildman–Crippen MR) is 55.9 cm³/mol. The van der Waals surface area contributed by atoms with E-state index in [0.717, 1.165) is 19.1 Å². The van der Waals surface area contributed by atoms with Crippen LogP contribution < -0.4 is 5.32 Å². The maximum absolute atomic E-state index is 5.59. The normalized spacial score (nSPS) is 20.3. The summed E-state index contributed by atoms with van der Waals surface area (Å²) in [6, 6.07) is 0. The molecule has 0 aromatic heterocycles. The van der Waals surface area contributed by atoms with E-state index in [1.54, 1.807) is 0 Å². The first kappa shape index (κ1) is 11.0. The molecule has 0 bridgehead atoms. The van der Waals surface area contributed by atoms with Gasteiger partial charge in [0.15, 0.2) is 0 Å². The third-order valence-corrected chi connectivity index (χ3v) is 2.79. The van der Waals surface area contributed by atoms with Crippen molar-refractivity contribution in [3.8, 4) is 0 Å². The monoisotopic (exact) mass is 185 g/mol. The van der Waals surface area contributed by atoms with Gasteiger partial charge >= 0.3 is 0 Å². The standard InChI is InChI=1S/C11H23NO/c1-10(2)4-6-13-7-5-11(3)8-12-9-11/h10,12H,4-9H2,1-3H3. The van der Waals surface area contributed by atoms with Crippen molar-refractivity contribution in [3.05, 3.63) is 0 Å². The van der Waals surface area contributed by atoms with Crippen LogP contribution in [0.1, 0.15) is 33.6 Å². The van der Waals surface area contributed by atoms with E-state index in [9.17, 15) is 0 Å². The fourth-order valence-corrected chi connectivity index (χ4v) is 1.47. The summed E-state index contributed by atoms with van der Waals surface area (Å²) in [6.45, 7) is 11.0. The lowest BCUT2D eigenvalue weighted by Gasteiger charge is -2.39. The van der Waals surface area contributed by atoms with Gasteiger partial charge in [-0.15, -0.1) is 0 Å². The summed E-state index contributed by atoms with van der Waals surface area (Å²) in [5, 5.41) is 3.31. The van der Waals surface area contributed by atoms with Crippen molar-refractivity contribution in [2.45, 2.75) is 33.6 Å². The van der Waals surface area contributed by atoms with E-state index in [4.69, 9.17) is 4.74 Å². The lowest BCUT2D eigenvalue weighted by molar-refractivity contribution is 0.0706. The molecule has 1 N–H and O–H groups in total. The van der Waals surface area contributed by atoms with Crippen LogP contribution in [-0.4, -0.2) is 26.3 Å². The molecule has 0 aromatic rings. The second-order valence-electron chi connectivity index (χ2n) is 4.96. The van der Waals surface area contributed by atoms with Gasteiger partial charge in [0.25, 0.3) is 0 Å². The molecule has 0 amide bonds. The van der Waals surface area contributed by atoms with Crippen molar-refractivity contribution in [3.63, 3.8) is 0 Å². The smallest absolute Gasteiger partial charge is 0.0472 e. The van der Waals surface area contributed by atoms with Crippen molar-refractivity contribution in [2.75, 3.05) is 26.3 Å². The Morgan fingerprint density at radius 2 is 2.00 bits per heavy atom. The molecule has 1 aliphatic heterocycles. The Labute approximate surface area is 82.0 Å². The second kappa shape index (κ2) is 4.97. The molecule has 0 saturated carbocycles. The van der Waals surface area contributed by atoms with Crippen LogP contribution in [0.3, 0.4) is 0 Å². The van der Waals surface area contributed by atoms with Crippen LogP contribution in [0.4, 0.5) is 0 Å². The molecule has 2 nitrogen and oxygen atoms in total. The average Bonchev–Trinajstić information content (AvgIpc) is 2.00. The zero-order valence-corrected chi connectivity index (χ0v) is 9.23. The summed E-state index contributed by atoms with van der Waals surface area (Å²) < 4.78 is 5.59. The summed E-state index contributed by atoms with van der Waals surface area (Å²) >= 11 is 0. The lowest BCUT2D eigenvalue weighted by atomic mass is 9.81. The third-order valence-electron chi connectivity index (χ3n) is 2.79. The van der Waals surface area contributed by atoms with Crippen LogP contribution in [-0.2, 0) is 4.74 Å². The molecule has 0 unspecified atom stereocenters. The second-order valence-corrected chi connectivity index (χ2v) is 4.96. The summed E-state index contributed by atoms with van der Waals surface area (Å²) in [4.78, 5) is 0. The maximum Gasteiger partial charge on any atom is 0.0472 e. The number of nitrogens with one attached hydrogen (secondary N) is 1. The molecule has 1 aliphatic rings. The van der Waals surface area contributed by atoms with Crippen molar-refractivity contribution in [1.82, 2.24) is 5.32 Å². The molecule has 2 heteroatoms. The Bertz CT molecular complexity index is 141. The molecule has 0 atom stereocenters. The zero-order chi connectivity index (χ0) is 9.73. The van der Waals surface area contributed by atoms with Gasteiger partial charge in [0, 0.05) is 26.3 Å². The number of hydrogen-bond donors (Lipinski definition) is 1. The minimum absolute atomic E-state index is 0.526. The van der Waals surface area contributed by atoms with E-state index >= 15 is 0 Å². The third kappa shape index (κ3) is 4.10. The van der Waals surface area contributed by atoms with E-state index in [0.29, 0.717) is 5.41 Å². The van der Waals surface area contributed by atoms with Gasteiger partial charge in [0.05, 0.1) is 0 Å². The zero-order valence-electron chi connectivity index (χ0n) is 9.23. The number of rotatable bonds is 6. The molecule has 0 aliphatic carbocycles. The number of ether oxygens (including phenoxy) is 1. The van der Waals surface area contributed by atoms with Crippen LogP contribution in [0.25, 0.3) is 0 Å². The molecular formula is C11H23NO. The van der Waals surface area contributed by atoms with E-state index in [1.165, 1.54) is 25.9 Å². The Morgan fingerprint density at radius 1 is 1.31 bits per heavy atom. The maximum atomic E-state index is 5.59. The quantitative estimate of drug-likeness (QED) is 0.639. The molecule has 1 saturated heterocycles. The van der Waals surface area contributed by atoms with Gasteiger partial charge in [-0.3, -0.25) is 0 Å². The first-order valence-corrected chi connectivity index (χ1v) is 5.41. The highest BCUT2D eigenvalue weighted by molar-refractivity contribution is 4.87. The van der Waals surface area contributed by atoms with Crippen molar-refractivity contribution < 1.29 is 4.74 Å². The SMILES string of the molecule is CC(C)CCOCCC1(C)CNC1. The van der Waals surface area contributed by atoms with E-state index < -0.39 is 0 Å². The van der Waals surface area contributed by atoms with Gasteiger partial charge in [-0.1, -0.05) is 20.8 Å². The van der Waals surface area contributed by atoms with Crippen molar-refractivity contribution in [2.24, 2.45) is 11.3 Å². The average molecular weight is 185 g/mol. The van der Waals surface area contributed by atoms with Gasteiger partial charge < -0.3 is 10.1 Å². The minimum Gasteiger partial charge on any atom is -0.381 e. The molecule has 13 heavy (non-hydrogen) atoms. The minimum atomic E-state index is 0.526. The van der Waals surface area contributed by atoms with Crippen LogP contribution in [0.5, 0.6) is 0 Å². The molecule has 1 heterocycles. The highest BCUT2D eigenvalue weighted by Gasteiger charge is 2.30. The summed E-state index contributed by atoms with van der Waals surface area (Å²) in [5.74, 6) is 0.765. The highest BCUT2D eigenvalue weighted by Crippen LogP contribution is 2.25. The molecule has 1 fully saturated rings. The molecule has 78 valence electrons. The summed E-state index contributed by atoms with van der Waals surface area (Å²) in [7, 11) is 0. The van der Waals surface area contributed by atoms with Crippen LogP contribution in [0.2, 0.25) is 0 Å². The van der Waals surface area contributed by atoms with Gasteiger partial charge in [0.2, 0.25) is 0 Å². The Balaban J connectivity index is 1.89. The molecule has 1 rings (SSSR count). The molecular weight excluding hydrogens is 162 g/mol. The lowest BCUT2D eigenvalue weighted by Crippen LogP contribution is -2.51. The fourth-order valence-electron chi connectivity index (χ4n) is 1.47. The first-order valence-electron chi connectivity index (χ1n) is 5.41. The molecule has 0 spiro atoms. The van der Waals surface area contributed by atoms with E-state index in [2.05, 4.69) is 26.1 Å². The number of hydrogen-bond acceptors (Lipinski definition) is 2. The largest absolute Gasteiger partial charge is 0.381 e. The predicted octanol–water partition coefficient (Wildman–Crippen LogP) is 2.05. The first-order chi connectivity index (χ1) is 6.12. The van der Waals surface area contributed by atoms with Crippen molar-refractivity contribution in [1.29, 1.82) is 0 Å². The van der Waals surface area contributed by atoms with E-state index in [1.807, 2.05) is 0 Å². The Hall–Kier alpha value is -0.0800. The fraction of sp³-hybridized carbons (Fsp3) is 1.00. The van der Waals surface area contributed by atoms with E-state index in [-0.39, 0.29) is 0 Å². The highest BCUT2D eigenvalue weighted by atomic mass is 16.5.